The van der Waals surface area contributed by atoms with Crippen molar-refractivity contribution >= 4 is 29.3 Å². The lowest BCUT2D eigenvalue weighted by Gasteiger charge is -2.08. The summed E-state index contributed by atoms with van der Waals surface area (Å²) < 4.78 is 19.8. The molecule has 146 valence electrons. The van der Waals surface area contributed by atoms with Crippen LogP contribution >= 0.6 is 23.4 Å². The molecule has 0 aliphatic rings. The van der Waals surface area contributed by atoms with E-state index in [-0.39, 0.29) is 17.5 Å². The molecule has 1 heterocycles. The summed E-state index contributed by atoms with van der Waals surface area (Å²) >= 11 is 6.96. The van der Waals surface area contributed by atoms with Crippen LogP contribution in [0.1, 0.15) is 0 Å². The van der Waals surface area contributed by atoms with Gasteiger partial charge in [0, 0.05) is 10.6 Å². The second kappa shape index (κ2) is 9.43. The van der Waals surface area contributed by atoms with E-state index in [1.807, 2.05) is 0 Å². The van der Waals surface area contributed by atoms with Gasteiger partial charge in [-0.15, -0.1) is 10.2 Å². The molecule has 10 heteroatoms. The Labute approximate surface area is 170 Å². The minimum atomic E-state index is -0.349. The zero-order valence-corrected chi connectivity index (χ0v) is 16.2. The number of rotatable bonds is 8. The van der Waals surface area contributed by atoms with Gasteiger partial charge in [-0.3, -0.25) is 4.79 Å². The minimum Gasteiger partial charge on any atom is -0.492 e. The molecule has 0 saturated heterocycles. The van der Waals surface area contributed by atoms with Crippen LogP contribution in [0.2, 0.25) is 5.02 Å². The second-order valence-corrected chi connectivity index (χ2v) is 7.00. The zero-order chi connectivity index (χ0) is 19.9. The van der Waals surface area contributed by atoms with E-state index in [4.69, 9.17) is 22.2 Å². The van der Waals surface area contributed by atoms with E-state index in [1.165, 1.54) is 16.8 Å². The average molecular weight is 422 g/mol. The molecule has 0 saturated carbocycles. The molecule has 3 rings (SSSR count). The predicted octanol–water partition coefficient (Wildman–Crippen LogP) is 2.74. The Morgan fingerprint density at radius 2 is 1.89 bits per heavy atom. The van der Waals surface area contributed by atoms with E-state index in [9.17, 15) is 9.18 Å². The number of thioether (sulfide) groups is 1. The van der Waals surface area contributed by atoms with Crippen molar-refractivity contribution in [1.29, 1.82) is 0 Å². The molecule has 28 heavy (non-hydrogen) atoms. The van der Waals surface area contributed by atoms with Crippen molar-refractivity contribution in [2.75, 3.05) is 24.7 Å². The Bertz CT molecular complexity index is 934. The number of nitrogens with one attached hydrogen (secondary N) is 1. The lowest BCUT2D eigenvalue weighted by molar-refractivity contribution is -0.118. The van der Waals surface area contributed by atoms with Crippen LogP contribution in [0.3, 0.4) is 0 Å². The van der Waals surface area contributed by atoms with Crippen molar-refractivity contribution in [1.82, 2.24) is 20.2 Å². The van der Waals surface area contributed by atoms with Gasteiger partial charge in [0.05, 0.1) is 12.3 Å². The molecule has 1 aromatic heterocycles. The van der Waals surface area contributed by atoms with Gasteiger partial charge in [0.25, 0.3) is 0 Å². The molecule has 3 N–H and O–H groups in total. The lowest BCUT2D eigenvalue weighted by atomic mass is 10.2. The number of carbonyl (C=O) groups is 1. The van der Waals surface area contributed by atoms with E-state index in [2.05, 4.69) is 15.5 Å². The Kier molecular flexibility index (Phi) is 6.72. The number of ether oxygens (including phenoxy) is 1. The highest BCUT2D eigenvalue weighted by Gasteiger charge is 2.13. The molecule has 0 aliphatic heterocycles. The van der Waals surface area contributed by atoms with Crippen molar-refractivity contribution in [3.05, 3.63) is 59.4 Å². The number of aromatic nitrogens is 3. The van der Waals surface area contributed by atoms with Crippen LogP contribution in [-0.4, -0.2) is 39.7 Å². The first-order valence-corrected chi connectivity index (χ1v) is 9.63. The Morgan fingerprint density at radius 3 is 2.61 bits per heavy atom. The van der Waals surface area contributed by atoms with Gasteiger partial charge in [0.1, 0.15) is 18.2 Å². The first kappa shape index (κ1) is 20.0. The van der Waals surface area contributed by atoms with Crippen molar-refractivity contribution < 1.29 is 13.9 Å². The van der Waals surface area contributed by atoms with Gasteiger partial charge in [-0.25, -0.2) is 9.07 Å². The van der Waals surface area contributed by atoms with Gasteiger partial charge in [-0.2, -0.15) is 0 Å². The number of nitrogen functional groups attached to an aromatic ring is 1. The maximum atomic E-state index is 13.0. The van der Waals surface area contributed by atoms with Crippen molar-refractivity contribution in [2.24, 2.45) is 0 Å². The summed E-state index contributed by atoms with van der Waals surface area (Å²) in [6.45, 7) is 0.692. The molecule has 0 spiro atoms. The number of nitrogens with zero attached hydrogens (tertiary/aromatic N) is 3. The Balaban J connectivity index is 1.43. The number of benzene rings is 2. The van der Waals surface area contributed by atoms with Crippen LogP contribution in [0.15, 0.2) is 53.7 Å². The normalized spacial score (nSPS) is 10.6. The third-order valence-corrected chi connectivity index (χ3v) is 4.80. The summed E-state index contributed by atoms with van der Waals surface area (Å²) in [6.07, 6.45) is 0. The first-order chi connectivity index (χ1) is 13.5. The third kappa shape index (κ3) is 5.37. The summed E-state index contributed by atoms with van der Waals surface area (Å²) in [5.74, 6) is 6.63. The molecule has 0 atom stereocenters. The van der Waals surface area contributed by atoms with Crippen LogP contribution in [0.4, 0.5) is 4.39 Å². The number of carbonyl (C=O) groups excluding carboxylic acids is 1. The molecule has 2 aromatic carbocycles. The fourth-order valence-corrected chi connectivity index (χ4v) is 3.05. The molecular weight excluding hydrogens is 405 g/mol. The molecule has 0 unspecified atom stereocenters. The maximum Gasteiger partial charge on any atom is 0.230 e. The molecule has 0 bridgehead atoms. The quantitative estimate of drug-likeness (QED) is 0.330. The van der Waals surface area contributed by atoms with Crippen LogP contribution in [0.5, 0.6) is 5.75 Å². The van der Waals surface area contributed by atoms with Gasteiger partial charge in [-0.05, 0) is 48.5 Å². The largest absolute Gasteiger partial charge is 0.492 e. The fraction of sp³-hybridized carbons (Fsp3) is 0.167. The molecule has 3 aromatic rings. The van der Waals surface area contributed by atoms with E-state index >= 15 is 0 Å². The van der Waals surface area contributed by atoms with E-state index in [0.717, 1.165) is 11.8 Å². The Hall–Kier alpha value is -2.78. The van der Waals surface area contributed by atoms with E-state index < -0.39 is 0 Å². The monoisotopic (exact) mass is 421 g/mol. The highest BCUT2D eigenvalue weighted by Crippen LogP contribution is 2.21. The average Bonchev–Trinajstić information content (AvgIpc) is 3.06. The minimum absolute atomic E-state index is 0.125. The van der Waals surface area contributed by atoms with Gasteiger partial charge >= 0.3 is 0 Å². The third-order valence-electron chi connectivity index (χ3n) is 3.61. The van der Waals surface area contributed by atoms with Gasteiger partial charge < -0.3 is 15.9 Å². The smallest absolute Gasteiger partial charge is 0.230 e. The van der Waals surface area contributed by atoms with Crippen LogP contribution in [0.25, 0.3) is 11.4 Å². The standard InChI is InChI=1S/C18H17ClFN5O2S/c19-13-3-7-15(8-4-13)27-10-9-22-16(26)11-28-18-24-23-17(25(18)21)12-1-5-14(20)6-2-12/h1-8H,9-11,21H2,(H,22,26). The number of hydrogen-bond acceptors (Lipinski definition) is 6. The van der Waals surface area contributed by atoms with Crippen LogP contribution < -0.4 is 15.9 Å². The number of halogens is 2. The van der Waals surface area contributed by atoms with Crippen LogP contribution in [-0.2, 0) is 4.79 Å². The van der Waals surface area contributed by atoms with E-state index in [0.29, 0.717) is 40.5 Å². The first-order valence-electron chi connectivity index (χ1n) is 8.27. The molecule has 0 aliphatic carbocycles. The lowest BCUT2D eigenvalue weighted by Crippen LogP contribution is -2.29. The summed E-state index contributed by atoms with van der Waals surface area (Å²) in [5, 5.41) is 11.7. The van der Waals surface area contributed by atoms with Crippen molar-refractivity contribution in [3.8, 4) is 17.1 Å². The number of amides is 1. The van der Waals surface area contributed by atoms with Gasteiger partial charge in [0.15, 0.2) is 5.82 Å². The van der Waals surface area contributed by atoms with Gasteiger partial charge in [0.2, 0.25) is 11.1 Å². The summed E-state index contributed by atoms with van der Waals surface area (Å²) in [5.41, 5.74) is 0.632. The van der Waals surface area contributed by atoms with Gasteiger partial charge in [-0.1, -0.05) is 23.4 Å². The molecule has 7 nitrogen and oxygen atoms in total. The molecule has 1 amide bonds. The second-order valence-electron chi connectivity index (χ2n) is 5.62. The number of hydrogen-bond donors (Lipinski definition) is 2. The molecule has 0 radical (unpaired) electrons. The highest BCUT2D eigenvalue weighted by molar-refractivity contribution is 7.99. The summed E-state index contributed by atoms with van der Waals surface area (Å²) in [4.78, 5) is 12.0. The summed E-state index contributed by atoms with van der Waals surface area (Å²) in [6, 6.07) is 12.7. The highest BCUT2D eigenvalue weighted by atomic mass is 35.5. The van der Waals surface area contributed by atoms with Crippen molar-refractivity contribution in [3.63, 3.8) is 0 Å². The molecule has 0 fully saturated rings. The number of nitrogens with two attached hydrogens (primary N) is 1. The van der Waals surface area contributed by atoms with Crippen molar-refractivity contribution in [2.45, 2.75) is 5.16 Å². The fourth-order valence-electron chi connectivity index (χ4n) is 2.24. The zero-order valence-electron chi connectivity index (χ0n) is 14.6. The Morgan fingerprint density at radius 1 is 1.18 bits per heavy atom. The van der Waals surface area contributed by atoms with E-state index in [1.54, 1.807) is 36.4 Å². The maximum absolute atomic E-state index is 13.0. The molecular formula is C18H17ClFN5O2S. The summed E-state index contributed by atoms with van der Waals surface area (Å²) in [7, 11) is 0. The predicted molar refractivity (Wildman–Crippen MR) is 106 cm³/mol. The van der Waals surface area contributed by atoms with Crippen LogP contribution in [0, 0.1) is 5.82 Å². The SMILES string of the molecule is Nn1c(SCC(=O)NCCOc2ccc(Cl)cc2)nnc1-c1ccc(F)cc1. The topological polar surface area (TPSA) is 95.1 Å².